The molecule has 0 aromatic heterocycles. The molecule has 7 heteroatoms. The summed E-state index contributed by atoms with van der Waals surface area (Å²) in [6.07, 6.45) is 2.86. The molecule has 1 fully saturated rings. The van der Waals surface area contributed by atoms with Crippen LogP contribution in [0.5, 0.6) is 0 Å². The summed E-state index contributed by atoms with van der Waals surface area (Å²) in [7, 11) is 0. The van der Waals surface area contributed by atoms with E-state index in [-0.39, 0.29) is 33.4 Å². The molecule has 0 spiro atoms. The van der Waals surface area contributed by atoms with Gasteiger partial charge in [0, 0.05) is 12.6 Å². The number of urea groups is 1. The maximum Gasteiger partial charge on any atom is 0.335 e. The van der Waals surface area contributed by atoms with Gasteiger partial charge in [0.15, 0.2) is 0 Å². The first-order chi connectivity index (χ1) is 9.93. The zero-order valence-electron chi connectivity index (χ0n) is 11.5. The van der Waals surface area contributed by atoms with Gasteiger partial charge in [0.05, 0.1) is 21.3 Å². The molecule has 2 rings (SSSR count). The number of carbonyl (C=O) groups excluding carboxylic acids is 1. The standard InChI is InChI=1S/C14H16Cl2N2O3/c1-2-9-4-3-5-18(9)14(21)17-12-10(15)6-8(13(19)20)7-11(12)16/h6-7,9H,2-5H2,1H3,(H,17,21)(H,19,20). The molecule has 1 aliphatic heterocycles. The lowest BCUT2D eigenvalue weighted by atomic mass is 10.2. The minimum absolute atomic E-state index is 0.0180. The second-order valence-electron chi connectivity index (χ2n) is 4.95. The second-order valence-corrected chi connectivity index (χ2v) is 5.76. The molecule has 0 saturated carbocycles. The largest absolute Gasteiger partial charge is 0.478 e. The lowest BCUT2D eigenvalue weighted by Gasteiger charge is -2.24. The highest BCUT2D eigenvalue weighted by atomic mass is 35.5. The van der Waals surface area contributed by atoms with Crippen molar-refractivity contribution < 1.29 is 14.7 Å². The number of amides is 2. The number of likely N-dealkylation sites (tertiary alicyclic amines) is 1. The maximum atomic E-state index is 12.3. The molecule has 1 aromatic rings. The van der Waals surface area contributed by atoms with Gasteiger partial charge in [-0.2, -0.15) is 0 Å². The Labute approximate surface area is 132 Å². The van der Waals surface area contributed by atoms with Gasteiger partial charge in [-0.15, -0.1) is 0 Å². The monoisotopic (exact) mass is 330 g/mol. The van der Waals surface area contributed by atoms with Crippen LogP contribution in [-0.4, -0.2) is 34.6 Å². The van der Waals surface area contributed by atoms with Crippen LogP contribution in [0.2, 0.25) is 10.0 Å². The number of carboxylic acid groups (broad SMARTS) is 1. The zero-order chi connectivity index (χ0) is 15.6. The van der Waals surface area contributed by atoms with Crippen LogP contribution in [0.25, 0.3) is 0 Å². The minimum Gasteiger partial charge on any atom is -0.478 e. The van der Waals surface area contributed by atoms with Gasteiger partial charge >= 0.3 is 12.0 Å². The first-order valence-electron chi connectivity index (χ1n) is 6.74. The van der Waals surface area contributed by atoms with Gasteiger partial charge in [-0.1, -0.05) is 30.1 Å². The van der Waals surface area contributed by atoms with E-state index < -0.39 is 5.97 Å². The number of nitrogens with one attached hydrogen (secondary N) is 1. The van der Waals surface area contributed by atoms with Crippen molar-refractivity contribution in [2.24, 2.45) is 0 Å². The molecule has 1 heterocycles. The third-order valence-corrected chi connectivity index (χ3v) is 4.23. The summed E-state index contributed by atoms with van der Waals surface area (Å²) >= 11 is 12.0. The summed E-state index contributed by atoms with van der Waals surface area (Å²) < 4.78 is 0. The molecule has 1 saturated heterocycles. The average molecular weight is 331 g/mol. The molecule has 1 aliphatic rings. The van der Waals surface area contributed by atoms with Gasteiger partial charge in [0.2, 0.25) is 0 Å². The molecule has 1 aromatic carbocycles. The zero-order valence-corrected chi connectivity index (χ0v) is 13.0. The van der Waals surface area contributed by atoms with Crippen molar-refractivity contribution >= 4 is 40.9 Å². The molecule has 1 unspecified atom stereocenters. The minimum atomic E-state index is -1.12. The van der Waals surface area contributed by atoms with Crippen molar-refractivity contribution in [3.63, 3.8) is 0 Å². The van der Waals surface area contributed by atoms with Crippen LogP contribution < -0.4 is 5.32 Å². The summed E-state index contributed by atoms with van der Waals surface area (Å²) in [6.45, 7) is 2.74. The fraction of sp³-hybridized carbons (Fsp3) is 0.429. The highest BCUT2D eigenvalue weighted by Crippen LogP contribution is 2.33. The van der Waals surface area contributed by atoms with Gasteiger partial charge < -0.3 is 15.3 Å². The molecule has 114 valence electrons. The fourth-order valence-corrected chi connectivity index (χ4v) is 3.10. The van der Waals surface area contributed by atoms with Crippen LogP contribution in [0, 0.1) is 0 Å². The van der Waals surface area contributed by atoms with E-state index in [0.29, 0.717) is 6.54 Å². The van der Waals surface area contributed by atoms with E-state index in [1.807, 2.05) is 6.92 Å². The Kier molecular flexibility index (Phi) is 4.96. The number of nitrogens with zero attached hydrogens (tertiary/aromatic N) is 1. The summed E-state index contributed by atoms with van der Waals surface area (Å²) in [5.41, 5.74) is 0.227. The molecule has 5 nitrogen and oxygen atoms in total. The van der Waals surface area contributed by atoms with Gasteiger partial charge in [0.25, 0.3) is 0 Å². The molecule has 2 N–H and O–H groups in total. The quantitative estimate of drug-likeness (QED) is 0.876. The summed E-state index contributed by atoms with van der Waals surface area (Å²) in [5, 5.41) is 11.8. The molecular formula is C14H16Cl2N2O3. The number of hydrogen-bond donors (Lipinski definition) is 2. The van der Waals surface area contributed by atoms with Crippen molar-refractivity contribution in [1.29, 1.82) is 0 Å². The predicted molar refractivity (Wildman–Crippen MR) is 82.5 cm³/mol. The number of carbonyl (C=O) groups is 2. The number of rotatable bonds is 3. The Balaban J connectivity index is 2.20. The van der Waals surface area contributed by atoms with Crippen molar-refractivity contribution in [1.82, 2.24) is 4.90 Å². The van der Waals surface area contributed by atoms with Crippen LogP contribution in [0.3, 0.4) is 0 Å². The van der Waals surface area contributed by atoms with Crippen molar-refractivity contribution in [3.8, 4) is 0 Å². The molecule has 2 amide bonds. The smallest absolute Gasteiger partial charge is 0.335 e. The third-order valence-electron chi connectivity index (χ3n) is 3.63. The number of hydrogen-bond acceptors (Lipinski definition) is 2. The van der Waals surface area contributed by atoms with E-state index in [4.69, 9.17) is 28.3 Å². The van der Waals surface area contributed by atoms with E-state index in [1.165, 1.54) is 12.1 Å². The molecule has 1 atom stereocenters. The molecule has 21 heavy (non-hydrogen) atoms. The second kappa shape index (κ2) is 6.54. The Morgan fingerprint density at radius 2 is 2.00 bits per heavy atom. The molecular weight excluding hydrogens is 315 g/mol. The van der Waals surface area contributed by atoms with Crippen LogP contribution in [0.4, 0.5) is 10.5 Å². The first kappa shape index (κ1) is 15.9. The van der Waals surface area contributed by atoms with Crippen molar-refractivity contribution in [2.45, 2.75) is 32.2 Å². The number of halogens is 2. The van der Waals surface area contributed by atoms with E-state index in [0.717, 1.165) is 19.3 Å². The lowest BCUT2D eigenvalue weighted by Crippen LogP contribution is -2.38. The van der Waals surface area contributed by atoms with E-state index in [9.17, 15) is 9.59 Å². The maximum absolute atomic E-state index is 12.3. The van der Waals surface area contributed by atoms with E-state index in [1.54, 1.807) is 4.90 Å². The highest BCUT2D eigenvalue weighted by molar-refractivity contribution is 6.40. The van der Waals surface area contributed by atoms with Crippen molar-refractivity contribution in [2.75, 3.05) is 11.9 Å². The number of aromatic carboxylic acids is 1. The van der Waals surface area contributed by atoms with Crippen LogP contribution in [0.15, 0.2) is 12.1 Å². The summed E-state index contributed by atoms with van der Waals surface area (Å²) in [4.78, 5) is 25.0. The van der Waals surface area contributed by atoms with Gasteiger partial charge in [-0.3, -0.25) is 0 Å². The Morgan fingerprint density at radius 1 is 1.38 bits per heavy atom. The lowest BCUT2D eigenvalue weighted by molar-refractivity contribution is 0.0697. The van der Waals surface area contributed by atoms with E-state index >= 15 is 0 Å². The first-order valence-corrected chi connectivity index (χ1v) is 7.49. The summed E-state index contributed by atoms with van der Waals surface area (Å²) in [5.74, 6) is -1.12. The van der Waals surface area contributed by atoms with Gasteiger partial charge in [-0.25, -0.2) is 9.59 Å². The predicted octanol–water partition coefficient (Wildman–Crippen LogP) is 4.10. The SMILES string of the molecule is CCC1CCCN1C(=O)Nc1c(Cl)cc(C(=O)O)cc1Cl. The molecule has 0 aliphatic carbocycles. The Bertz CT molecular complexity index is 554. The number of benzene rings is 1. The van der Waals surface area contributed by atoms with Crippen molar-refractivity contribution in [3.05, 3.63) is 27.7 Å². The fourth-order valence-electron chi connectivity index (χ4n) is 2.52. The van der Waals surface area contributed by atoms with E-state index in [2.05, 4.69) is 5.32 Å². The van der Waals surface area contributed by atoms with Gasteiger partial charge in [-0.05, 0) is 31.4 Å². The van der Waals surface area contributed by atoms with Crippen LogP contribution in [0.1, 0.15) is 36.5 Å². The average Bonchev–Trinajstić information content (AvgIpc) is 2.90. The topological polar surface area (TPSA) is 69.6 Å². The summed E-state index contributed by atoms with van der Waals surface area (Å²) in [6, 6.07) is 2.51. The highest BCUT2D eigenvalue weighted by Gasteiger charge is 2.28. The van der Waals surface area contributed by atoms with Crippen LogP contribution in [-0.2, 0) is 0 Å². The Hall–Kier alpha value is -1.46. The number of anilines is 1. The Morgan fingerprint density at radius 3 is 2.52 bits per heavy atom. The number of carboxylic acids is 1. The van der Waals surface area contributed by atoms with Gasteiger partial charge in [0.1, 0.15) is 0 Å². The third kappa shape index (κ3) is 3.41. The molecule has 0 bridgehead atoms. The van der Waals surface area contributed by atoms with Crippen LogP contribution >= 0.6 is 23.2 Å². The molecule has 0 radical (unpaired) electrons. The normalized spacial score (nSPS) is 17.9.